The zero-order chi connectivity index (χ0) is 12.3. The first-order valence-electron chi connectivity index (χ1n) is 5.60. The summed E-state index contributed by atoms with van der Waals surface area (Å²) in [6.07, 6.45) is 0. The molecule has 4 nitrogen and oxygen atoms in total. The number of aromatic nitrogens is 1. The van der Waals surface area contributed by atoms with Crippen LogP contribution in [-0.4, -0.2) is 9.49 Å². The summed E-state index contributed by atoms with van der Waals surface area (Å²) in [6, 6.07) is 12.0. The number of hydrogen-bond acceptors (Lipinski definition) is 3. The largest absolute Gasteiger partial charge is 0.335 e. The predicted molar refractivity (Wildman–Crippen MR) is 71.0 cm³/mol. The van der Waals surface area contributed by atoms with Crippen LogP contribution in [0.2, 0.25) is 0 Å². The minimum absolute atomic E-state index is 0.233. The average Bonchev–Trinajstić information content (AvgIpc) is 2.97. The Bertz CT molecular complexity index is 801. The van der Waals surface area contributed by atoms with Crippen LogP contribution in [-0.2, 0) is 6.54 Å². The first kappa shape index (κ1) is 9.85. The number of hydrogen-bond donors (Lipinski definition) is 0. The number of nitrogens with zero attached hydrogens (tertiary/aromatic N) is 2. The van der Waals surface area contributed by atoms with Crippen LogP contribution in [0, 0.1) is 10.1 Å². The van der Waals surface area contributed by atoms with E-state index in [0.29, 0.717) is 0 Å². The summed E-state index contributed by atoms with van der Waals surface area (Å²) < 4.78 is 2.22. The van der Waals surface area contributed by atoms with Gasteiger partial charge in [-0.15, -0.1) is 0 Å². The molecule has 0 N–H and O–H groups in total. The lowest BCUT2D eigenvalue weighted by molar-refractivity contribution is -0.380. The zero-order valence-corrected chi connectivity index (χ0v) is 10.1. The predicted octanol–water partition coefficient (Wildman–Crippen LogP) is 3.64. The van der Waals surface area contributed by atoms with Crippen LogP contribution in [0.25, 0.3) is 21.5 Å². The second-order valence-electron chi connectivity index (χ2n) is 4.37. The molecule has 3 heterocycles. The quantitative estimate of drug-likeness (QED) is 0.385. The Morgan fingerprint density at radius 3 is 2.94 bits per heavy atom. The Balaban J connectivity index is 1.99. The third kappa shape index (κ3) is 1.14. The molecular weight excluding hydrogens is 248 g/mol. The molecule has 0 amide bonds. The van der Waals surface area contributed by atoms with Gasteiger partial charge in [0, 0.05) is 23.5 Å². The van der Waals surface area contributed by atoms with E-state index in [9.17, 15) is 10.1 Å². The molecule has 3 aromatic rings. The molecule has 0 saturated carbocycles. The Hall–Kier alpha value is -2.14. The van der Waals surface area contributed by atoms with Gasteiger partial charge in [-0.2, -0.15) is 0 Å². The van der Waals surface area contributed by atoms with E-state index in [1.165, 1.54) is 22.2 Å². The summed E-state index contributed by atoms with van der Waals surface area (Å²) in [5.74, 6) is 0. The molecule has 2 aromatic heterocycles. The van der Waals surface area contributed by atoms with Crippen molar-refractivity contribution in [2.45, 2.75) is 6.54 Å². The van der Waals surface area contributed by atoms with Crippen LogP contribution in [0.1, 0.15) is 5.56 Å². The van der Waals surface area contributed by atoms with Gasteiger partial charge in [-0.05, 0) is 17.7 Å². The smallest absolute Gasteiger partial charge is 0.325 e. The first-order chi connectivity index (χ1) is 8.74. The lowest BCUT2D eigenvalue weighted by Crippen LogP contribution is -1.92. The molecule has 0 fully saturated rings. The van der Waals surface area contributed by atoms with Gasteiger partial charge in [-0.1, -0.05) is 29.5 Å². The van der Waals surface area contributed by atoms with E-state index in [4.69, 9.17) is 0 Å². The highest BCUT2D eigenvalue weighted by atomic mass is 32.1. The van der Waals surface area contributed by atoms with E-state index >= 15 is 0 Å². The van der Waals surface area contributed by atoms with Crippen molar-refractivity contribution < 1.29 is 4.92 Å². The lowest BCUT2D eigenvalue weighted by Gasteiger charge is -1.99. The van der Waals surface area contributed by atoms with Crippen molar-refractivity contribution >= 4 is 27.2 Å². The minimum atomic E-state index is -0.310. The number of thiophene rings is 1. The number of fused-ring (bicyclic) bond motifs is 5. The highest BCUT2D eigenvalue weighted by Crippen LogP contribution is 2.44. The fraction of sp³-hybridized carbons (Fsp3) is 0.0769. The fourth-order valence-corrected chi connectivity index (χ4v) is 3.59. The normalized spacial score (nSPS) is 12.7. The molecule has 0 aliphatic carbocycles. The van der Waals surface area contributed by atoms with Crippen molar-refractivity contribution in [3.8, 4) is 10.6 Å². The molecule has 88 valence electrons. The molecule has 18 heavy (non-hydrogen) atoms. The minimum Gasteiger partial charge on any atom is -0.335 e. The SMILES string of the molecule is O=[N+]([O-])c1cc2c(s1)-c1cc3ccccc3n1C2. The highest BCUT2D eigenvalue weighted by molar-refractivity contribution is 7.18. The molecule has 1 aliphatic heterocycles. The summed E-state index contributed by atoms with van der Waals surface area (Å²) in [5.41, 5.74) is 3.36. The second kappa shape index (κ2) is 3.20. The third-order valence-electron chi connectivity index (χ3n) is 3.35. The zero-order valence-electron chi connectivity index (χ0n) is 9.29. The maximum atomic E-state index is 10.8. The van der Waals surface area contributed by atoms with Crippen LogP contribution >= 0.6 is 11.3 Å². The van der Waals surface area contributed by atoms with Crippen molar-refractivity contribution in [3.05, 3.63) is 52.1 Å². The summed E-state index contributed by atoms with van der Waals surface area (Å²) in [5, 5.41) is 12.2. The van der Waals surface area contributed by atoms with Crippen molar-refractivity contribution in [1.82, 2.24) is 4.57 Å². The van der Waals surface area contributed by atoms with Crippen LogP contribution in [0.3, 0.4) is 0 Å². The molecule has 1 aromatic carbocycles. The molecule has 5 heteroatoms. The Kier molecular flexibility index (Phi) is 1.75. The summed E-state index contributed by atoms with van der Waals surface area (Å²) in [6.45, 7) is 0.739. The van der Waals surface area contributed by atoms with Gasteiger partial charge in [-0.3, -0.25) is 10.1 Å². The van der Waals surface area contributed by atoms with Crippen LogP contribution in [0.5, 0.6) is 0 Å². The third-order valence-corrected chi connectivity index (χ3v) is 4.50. The molecule has 1 aliphatic rings. The Labute approximate surface area is 106 Å². The highest BCUT2D eigenvalue weighted by Gasteiger charge is 2.26. The van der Waals surface area contributed by atoms with Gasteiger partial charge in [0.1, 0.15) is 0 Å². The van der Waals surface area contributed by atoms with Crippen LogP contribution in [0.4, 0.5) is 5.00 Å². The molecule has 4 rings (SSSR count). The number of nitro groups is 1. The molecule has 0 bridgehead atoms. The van der Waals surface area contributed by atoms with Gasteiger partial charge in [0.25, 0.3) is 0 Å². The van der Waals surface area contributed by atoms with Crippen molar-refractivity contribution in [1.29, 1.82) is 0 Å². The van der Waals surface area contributed by atoms with Gasteiger partial charge in [0.2, 0.25) is 0 Å². The standard InChI is InChI=1S/C13H8N2O2S/c16-15(17)12-6-9-7-14-10-4-2-1-3-8(10)5-11(14)13(9)18-12/h1-6H,7H2. The second-order valence-corrected chi connectivity index (χ2v) is 5.40. The molecule has 0 saturated heterocycles. The number of para-hydroxylation sites is 1. The van der Waals surface area contributed by atoms with Gasteiger partial charge in [0.05, 0.1) is 15.5 Å². The van der Waals surface area contributed by atoms with Crippen molar-refractivity contribution in [3.63, 3.8) is 0 Å². The van der Waals surface area contributed by atoms with Gasteiger partial charge in [-0.25, -0.2) is 0 Å². The van der Waals surface area contributed by atoms with E-state index in [1.807, 2.05) is 12.1 Å². The van der Waals surface area contributed by atoms with E-state index in [1.54, 1.807) is 6.07 Å². The monoisotopic (exact) mass is 256 g/mol. The number of rotatable bonds is 1. The lowest BCUT2D eigenvalue weighted by atomic mass is 10.2. The Morgan fingerprint density at radius 2 is 2.11 bits per heavy atom. The van der Waals surface area contributed by atoms with E-state index in [2.05, 4.69) is 22.8 Å². The van der Waals surface area contributed by atoms with Gasteiger partial charge >= 0.3 is 5.00 Å². The van der Waals surface area contributed by atoms with Crippen molar-refractivity contribution in [2.24, 2.45) is 0 Å². The van der Waals surface area contributed by atoms with Crippen molar-refractivity contribution in [2.75, 3.05) is 0 Å². The maximum absolute atomic E-state index is 10.8. The van der Waals surface area contributed by atoms with Gasteiger partial charge in [0.15, 0.2) is 0 Å². The fourth-order valence-electron chi connectivity index (χ4n) is 2.58. The van der Waals surface area contributed by atoms with E-state index in [0.717, 1.165) is 22.7 Å². The molecular formula is C13H8N2O2S. The Morgan fingerprint density at radius 1 is 1.28 bits per heavy atom. The first-order valence-corrected chi connectivity index (χ1v) is 6.41. The molecule has 0 radical (unpaired) electrons. The topological polar surface area (TPSA) is 48.1 Å². The average molecular weight is 256 g/mol. The van der Waals surface area contributed by atoms with Crippen LogP contribution in [0.15, 0.2) is 36.4 Å². The molecule has 0 spiro atoms. The molecule has 0 unspecified atom stereocenters. The van der Waals surface area contributed by atoms with E-state index in [-0.39, 0.29) is 9.92 Å². The number of benzene rings is 1. The maximum Gasteiger partial charge on any atom is 0.325 e. The molecule has 0 atom stereocenters. The van der Waals surface area contributed by atoms with Crippen LogP contribution < -0.4 is 0 Å². The van der Waals surface area contributed by atoms with E-state index < -0.39 is 0 Å². The summed E-state index contributed by atoms with van der Waals surface area (Å²) in [4.78, 5) is 11.5. The summed E-state index contributed by atoms with van der Waals surface area (Å²) in [7, 11) is 0. The summed E-state index contributed by atoms with van der Waals surface area (Å²) >= 11 is 1.27. The van der Waals surface area contributed by atoms with Gasteiger partial charge < -0.3 is 4.57 Å².